The first-order valence-corrected chi connectivity index (χ1v) is 8.81. The summed E-state index contributed by atoms with van der Waals surface area (Å²) in [5, 5.41) is 7.81. The van der Waals surface area contributed by atoms with Gasteiger partial charge in [-0.2, -0.15) is 0 Å². The van der Waals surface area contributed by atoms with Crippen molar-refractivity contribution >= 4 is 18.3 Å². The number of benzene rings is 1. The fraction of sp³-hybridized carbons (Fsp3) is 0.500. The molecule has 140 valence electrons. The van der Waals surface area contributed by atoms with Crippen LogP contribution in [-0.2, 0) is 0 Å². The van der Waals surface area contributed by atoms with E-state index in [2.05, 4.69) is 15.4 Å². The second-order valence-corrected chi connectivity index (χ2v) is 6.92. The Morgan fingerprint density at radius 3 is 2.38 bits per heavy atom. The summed E-state index contributed by atoms with van der Waals surface area (Å²) in [6.07, 6.45) is 2.06. The van der Waals surface area contributed by atoms with Crippen LogP contribution in [0.25, 0.3) is 5.69 Å². The van der Waals surface area contributed by atoms with E-state index in [1.54, 1.807) is 23.7 Å². The first kappa shape index (κ1) is 18.8. The van der Waals surface area contributed by atoms with Crippen LogP contribution in [0.4, 0.5) is 4.39 Å². The minimum Gasteiger partial charge on any atom is -0.336 e. The van der Waals surface area contributed by atoms with Gasteiger partial charge in [0.05, 0.1) is 5.69 Å². The molecule has 2 atom stereocenters. The minimum absolute atomic E-state index is 0. The second kappa shape index (κ2) is 7.72. The molecule has 4 rings (SSSR count). The highest BCUT2D eigenvalue weighted by Crippen LogP contribution is 2.27. The number of nitrogens with one attached hydrogen (secondary N) is 1. The molecule has 2 saturated heterocycles. The second-order valence-electron chi connectivity index (χ2n) is 6.92. The van der Waals surface area contributed by atoms with Crippen molar-refractivity contribution < 1.29 is 9.18 Å². The van der Waals surface area contributed by atoms with Crippen molar-refractivity contribution in [1.29, 1.82) is 0 Å². The van der Waals surface area contributed by atoms with Gasteiger partial charge in [0.2, 0.25) is 5.82 Å². The van der Waals surface area contributed by atoms with Crippen LogP contribution < -0.4 is 5.32 Å². The van der Waals surface area contributed by atoms with Gasteiger partial charge in [0.25, 0.3) is 5.91 Å². The van der Waals surface area contributed by atoms with Crippen LogP contribution in [0.5, 0.6) is 0 Å². The monoisotopic (exact) mass is 379 g/mol. The highest BCUT2D eigenvalue weighted by molar-refractivity contribution is 5.90. The zero-order valence-corrected chi connectivity index (χ0v) is 15.5. The molecule has 0 unspecified atom stereocenters. The maximum absolute atomic E-state index is 13.1. The van der Waals surface area contributed by atoms with Crippen LogP contribution in [0.1, 0.15) is 29.3 Å². The third-order valence-corrected chi connectivity index (χ3v) is 5.34. The Bertz CT molecular complexity index is 764. The molecular formula is C18H23ClFN5O. The van der Waals surface area contributed by atoms with E-state index in [4.69, 9.17) is 0 Å². The molecule has 1 N–H and O–H groups in total. The summed E-state index contributed by atoms with van der Waals surface area (Å²) in [5.41, 5.74) is 0.696. The number of aryl methyl sites for hydroxylation is 1. The van der Waals surface area contributed by atoms with Crippen molar-refractivity contribution in [2.24, 2.45) is 11.8 Å². The smallest absolute Gasteiger partial charge is 0.293 e. The number of likely N-dealkylation sites (tertiary alicyclic amines) is 1. The van der Waals surface area contributed by atoms with Crippen LogP contribution in [0, 0.1) is 24.6 Å². The van der Waals surface area contributed by atoms with E-state index in [-0.39, 0.29) is 30.0 Å². The Kier molecular flexibility index (Phi) is 5.58. The van der Waals surface area contributed by atoms with E-state index in [0.29, 0.717) is 23.3 Å². The number of nitrogens with zero attached hydrogens (tertiary/aromatic N) is 4. The Labute approximate surface area is 158 Å². The largest absolute Gasteiger partial charge is 0.336 e. The van der Waals surface area contributed by atoms with Crippen LogP contribution in [0.2, 0.25) is 0 Å². The number of halogens is 2. The molecule has 0 spiro atoms. The molecule has 2 aliphatic heterocycles. The zero-order chi connectivity index (χ0) is 17.4. The quantitative estimate of drug-likeness (QED) is 0.869. The lowest BCUT2D eigenvalue weighted by atomic mass is 9.92. The summed E-state index contributed by atoms with van der Waals surface area (Å²) in [5.74, 6) is 1.76. The van der Waals surface area contributed by atoms with E-state index >= 15 is 0 Å². The van der Waals surface area contributed by atoms with Gasteiger partial charge in [-0.3, -0.25) is 4.79 Å². The molecule has 1 aromatic heterocycles. The number of carbonyl (C=O) groups excluding carboxylic acids is 1. The van der Waals surface area contributed by atoms with Gasteiger partial charge >= 0.3 is 0 Å². The molecule has 3 heterocycles. The van der Waals surface area contributed by atoms with E-state index in [0.717, 1.165) is 39.0 Å². The third-order valence-electron chi connectivity index (χ3n) is 5.34. The molecule has 1 aromatic carbocycles. The van der Waals surface area contributed by atoms with Gasteiger partial charge in [-0.05, 0) is 69.0 Å². The number of amides is 1. The topological polar surface area (TPSA) is 63.1 Å². The van der Waals surface area contributed by atoms with Gasteiger partial charge in [0, 0.05) is 13.1 Å². The highest BCUT2D eigenvalue weighted by Gasteiger charge is 2.32. The molecule has 8 heteroatoms. The van der Waals surface area contributed by atoms with Crippen molar-refractivity contribution in [3.8, 4) is 5.69 Å². The lowest BCUT2D eigenvalue weighted by molar-refractivity contribution is 0.0746. The fourth-order valence-corrected chi connectivity index (χ4v) is 3.87. The molecule has 1 amide bonds. The van der Waals surface area contributed by atoms with E-state index in [1.807, 2.05) is 4.90 Å². The number of rotatable bonds is 2. The average Bonchev–Trinajstić information content (AvgIpc) is 3.17. The predicted molar refractivity (Wildman–Crippen MR) is 98.3 cm³/mol. The number of fused-ring (bicyclic) bond motifs is 1. The normalized spacial score (nSPS) is 22.5. The first-order chi connectivity index (χ1) is 12.1. The Hall–Kier alpha value is -1.99. The van der Waals surface area contributed by atoms with E-state index in [9.17, 15) is 9.18 Å². The highest BCUT2D eigenvalue weighted by atomic mass is 35.5. The van der Waals surface area contributed by atoms with Crippen LogP contribution in [-0.4, -0.2) is 51.8 Å². The molecule has 0 radical (unpaired) electrons. The standard InChI is InChI=1S/C18H22FN5O.ClH/c1-12-21-17(22-24(12)16-4-2-15(19)3-5-16)18(25)23-8-6-13-10-20-11-14(13)7-9-23;/h2-5,13-14,20H,6-11H2,1H3;1H/t13-,14+;. The van der Waals surface area contributed by atoms with Crippen LogP contribution >= 0.6 is 12.4 Å². The molecule has 2 aromatic rings. The van der Waals surface area contributed by atoms with Crippen LogP contribution in [0.15, 0.2) is 24.3 Å². The van der Waals surface area contributed by atoms with Crippen molar-refractivity contribution in [2.45, 2.75) is 19.8 Å². The maximum atomic E-state index is 13.1. The fourth-order valence-electron chi connectivity index (χ4n) is 3.87. The van der Waals surface area contributed by atoms with Gasteiger partial charge in [-0.25, -0.2) is 14.1 Å². The minimum atomic E-state index is -0.303. The third kappa shape index (κ3) is 3.59. The zero-order valence-electron chi connectivity index (χ0n) is 14.7. The Morgan fingerprint density at radius 1 is 1.15 bits per heavy atom. The lowest BCUT2D eigenvalue weighted by Crippen LogP contribution is -2.33. The molecule has 6 nitrogen and oxygen atoms in total. The SMILES string of the molecule is Cc1nc(C(=O)N2CC[C@@H]3CNC[C@@H]3CC2)nn1-c1ccc(F)cc1.Cl. The molecule has 0 aliphatic carbocycles. The summed E-state index contributed by atoms with van der Waals surface area (Å²) in [4.78, 5) is 19.1. The van der Waals surface area contributed by atoms with E-state index < -0.39 is 0 Å². The molecule has 0 saturated carbocycles. The van der Waals surface area contributed by atoms with Gasteiger partial charge in [-0.15, -0.1) is 17.5 Å². The van der Waals surface area contributed by atoms with Gasteiger partial charge < -0.3 is 10.2 Å². The number of carbonyl (C=O) groups is 1. The van der Waals surface area contributed by atoms with Gasteiger partial charge in [0.1, 0.15) is 11.6 Å². The Balaban J connectivity index is 0.00000196. The number of hydrogen-bond donors (Lipinski definition) is 1. The van der Waals surface area contributed by atoms with Gasteiger partial charge in [0.15, 0.2) is 0 Å². The average molecular weight is 380 g/mol. The maximum Gasteiger partial charge on any atom is 0.293 e. The van der Waals surface area contributed by atoms with Crippen molar-refractivity contribution in [1.82, 2.24) is 25.0 Å². The van der Waals surface area contributed by atoms with Crippen molar-refractivity contribution in [2.75, 3.05) is 26.2 Å². The first-order valence-electron chi connectivity index (χ1n) is 8.81. The summed E-state index contributed by atoms with van der Waals surface area (Å²) in [6.45, 7) is 5.43. The van der Waals surface area contributed by atoms with Crippen LogP contribution in [0.3, 0.4) is 0 Å². The van der Waals surface area contributed by atoms with Crippen molar-refractivity contribution in [3.63, 3.8) is 0 Å². The lowest BCUT2D eigenvalue weighted by Gasteiger charge is -2.19. The van der Waals surface area contributed by atoms with Crippen molar-refractivity contribution in [3.05, 3.63) is 41.7 Å². The molecule has 2 aliphatic rings. The van der Waals surface area contributed by atoms with Gasteiger partial charge in [-0.1, -0.05) is 0 Å². The molecule has 2 fully saturated rings. The van der Waals surface area contributed by atoms with E-state index in [1.165, 1.54) is 12.1 Å². The predicted octanol–water partition coefficient (Wildman–Crippen LogP) is 2.21. The summed E-state index contributed by atoms with van der Waals surface area (Å²) >= 11 is 0. The summed E-state index contributed by atoms with van der Waals surface area (Å²) in [6, 6.07) is 6.01. The number of aromatic nitrogens is 3. The number of hydrogen-bond acceptors (Lipinski definition) is 4. The summed E-state index contributed by atoms with van der Waals surface area (Å²) in [7, 11) is 0. The Morgan fingerprint density at radius 2 is 1.77 bits per heavy atom. The molecule has 0 bridgehead atoms. The molecule has 26 heavy (non-hydrogen) atoms. The molecular weight excluding hydrogens is 357 g/mol. The summed E-state index contributed by atoms with van der Waals surface area (Å²) < 4.78 is 14.7.